The smallest absolute Gasteiger partial charge is 0.271 e. The molecule has 0 radical (unpaired) electrons. The fraction of sp³-hybridized carbons (Fsp3) is 0.571. The molecular weight excluding hydrogens is 253 g/mol. The van der Waals surface area contributed by atoms with Crippen molar-refractivity contribution in [3.05, 3.63) is 35.4 Å². The molecule has 0 bridgehead atoms. The number of hydrogen-bond acceptors (Lipinski definition) is 2. The number of rotatable bonds is 4. The van der Waals surface area contributed by atoms with Crippen molar-refractivity contribution in [1.82, 2.24) is 5.43 Å². The Balaban J connectivity index is 2.81. The highest BCUT2D eigenvalue weighted by atomic mass is 19.4. The molecule has 0 aliphatic carbocycles. The standard InChI is InChI=1S/C14H21F3N2/c1-13(2,3)9-12(19-18)8-10-5-4-6-11(7-10)14(15,16)17/h4-7,12,19H,8-9,18H2,1-3H3. The molecule has 2 nitrogen and oxygen atoms in total. The number of alkyl halides is 3. The van der Waals surface area contributed by atoms with Crippen LogP contribution in [0, 0.1) is 5.41 Å². The van der Waals surface area contributed by atoms with Crippen LogP contribution >= 0.6 is 0 Å². The van der Waals surface area contributed by atoms with Crippen LogP contribution in [0.25, 0.3) is 0 Å². The maximum absolute atomic E-state index is 12.6. The molecule has 1 atom stereocenters. The minimum Gasteiger partial charge on any atom is -0.271 e. The Labute approximate surface area is 112 Å². The highest BCUT2D eigenvalue weighted by Crippen LogP contribution is 2.30. The summed E-state index contributed by atoms with van der Waals surface area (Å²) < 4.78 is 37.9. The molecule has 0 aliphatic heterocycles. The van der Waals surface area contributed by atoms with E-state index in [1.54, 1.807) is 6.07 Å². The Hall–Kier alpha value is -1.07. The van der Waals surface area contributed by atoms with Gasteiger partial charge in [-0.25, -0.2) is 0 Å². The van der Waals surface area contributed by atoms with Crippen LogP contribution in [0.4, 0.5) is 13.2 Å². The molecule has 0 aromatic heterocycles. The molecule has 0 fully saturated rings. The van der Waals surface area contributed by atoms with Gasteiger partial charge in [0.25, 0.3) is 0 Å². The zero-order valence-electron chi connectivity index (χ0n) is 11.5. The predicted octanol–water partition coefficient (Wildman–Crippen LogP) is 3.52. The Bertz CT molecular complexity index is 408. The van der Waals surface area contributed by atoms with Crippen LogP contribution in [0.1, 0.15) is 38.3 Å². The van der Waals surface area contributed by atoms with Crippen molar-refractivity contribution >= 4 is 0 Å². The van der Waals surface area contributed by atoms with Crippen LogP contribution in [0.5, 0.6) is 0 Å². The monoisotopic (exact) mass is 274 g/mol. The van der Waals surface area contributed by atoms with Crippen LogP contribution in [0.15, 0.2) is 24.3 Å². The fourth-order valence-corrected chi connectivity index (χ4v) is 2.09. The van der Waals surface area contributed by atoms with Gasteiger partial charge in [0.1, 0.15) is 0 Å². The van der Waals surface area contributed by atoms with E-state index in [2.05, 4.69) is 26.2 Å². The Morgan fingerprint density at radius 2 is 1.84 bits per heavy atom. The van der Waals surface area contributed by atoms with E-state index < -0.39 is 11.7 Å². The van der Waals surface area contributed by atoms with E-state index in [0.717, 1.165) is 12.5 Å². The van der Waals surface area contributed by atoms with Crippen molar-refractivity contribution < 1.29 is 13.2 Å². The van der Waals surface area contributed by atoms with Crippen molar-refractivity contribution in [2.45, 2.75) is 45.8 Å². The number of hydrogen-bond donors (Lipinski definition) is 2. The third-order valence-electron chi connectivity index (χ3n) is 2.83. The molecule has 5 heteroatoms. The number of nitrogens with one attached hydrogen (secondary N) is 1. The summed E-state index contributed by atoms with van der Waals surface area (Å²) in [7, 11) is 0. The normalized spacial score (nSPS) is 14.5. The molecule has 1 aromatic rings. The molecule has 0 saturated carbocycles. The summed E-state index contributed by atoms with van der Waals surface area (Å²) in [5.41, 5.74) is 2.78. The SMILES string of the molecule is CC(C)(C)CC(Cc1cccc(C(F)(F)F)c1)NN. The summed E-state index contributed by atoms with van der Waals surface area (Å²) in [6, 6.07) is 5.36. The third kappa shape index (κ3) is 5.61. The van der Waals surface area contributed by atoms with Crippen LogP contribution in [-0.2, 0) is 12.6 Å². The Kier molecular flexibility index (Phi) is 4.98. The van der Waals surface area contributed by atoms with Crippen molar-refractivity contribution in [1.29, 1.82) is 0 Å². The second-order valence-electron chi connectivity index (χ2n) is 6.03. The van der Waals surface area contributed by atoms with Gasteiger partial charge < -0.3 is 0 Å². The average Bonchev–Trinajstić information content (AvgIpc) is 2.25. The fourth-order valence-electron chi connectivity index (χ4n) is 2.09. The van der Waals surface area contributed by atoms with Gasteiger partial charge in [-0.1, -0.05) is 39.0 Å². The Morgan fingerprint density at radius 1 is 1.21 bits per heavy atom. The molecule has 0 heterocycles. The van der Waals surface area contributed by atoms with Crippen LogP contribution < -0.4 is 11.3 Å². The first-order valence-electron chi connectivity index (χ1n) is 6.24. The molecule has 1 unspecified atom stereocenters. The summed E-state index contributed by atoms with van der Waals surface area (Å²) in [4.78, 5) is 0. The first-order chi connectivity index (χ1) is 8.62. The van der Waals surface area contributed by atoms with Crippen molar-refractivity contribution in [2.75, 3.05) is 0 Å². The molecule has 0 amide bonds. The number of benzene rings is 1. The molecule has 0 saturated heterocycles. The van der Waals surface area contributed by atoms with E-state index in [4.69, 9.17) is 5.84 Å². The molecular formula is C14H21F3N2. The van der Waals surface area contributed by atoms with Gasteiger partial charge >= 0.3 is 6.18 Å². The van der Waals surface area contributed by atoms with Gasteiger partial charge in [-0.3, -0.25) is 11.3 Å². The summed E-state index contributed by atoms with van der Waals surface area (Å²) in [5.74, 6) is 5.48. The van der Waals surface area contributed by atoms with E-state index >= 15 is 0 Å². The molecule has 3 N–H and O–H groups in total. The largest absolute Gasteiger partial charge is 0.416 e. The molecule has 1 aromatic carbocycles. The zero-order chi connectivity index (χ0) is 14.7. The van der Waals surface area contributed by atoms with E-state index in [0.29, 0.717) is 12.0 Å². The van der Waals surface area contributed by atoms with Gasteiger partial charge in [-0.05, 0) is 29.9 Å². The first kappa shape index (κ1) is 16.0. The predicted molar refractivity (Wildman–Crippen MR) is 70.3 cm³/mol. The second kappa shape index (κ2) is 5.92. The molecule has 0 spiro atoms. The van der Waals surface area contributed by atoms with E-state index in [9.17, 15) is 13.2 Å². The first-order valence-corrected chi connectivity index (χ1v) is 6.24. The van der Waals surface area contributed by atoms with Crippen LogP contribution in [-0.4, -0.2) is 6.04 Å². The minimum absolute atomic E-state index is 0.0384. The molecule has 1 rings (SSSR count). The maximum Gasteiger partial charge on any atom is 0.416 e. The summed E-state index contributed by atoms with van der Waals surface area (Å²) >= 11 is 0. The van der Waals surface area contributed by atoms with Crippen molar-refractivity contribution in [3.63, 3.8) is 0 Å². The maximum atomic E-state index is 12.6. The lowest BCUT2D eigenvalue weighted by Gasteiger charge is -2.25. The average molecular weight is 274 g/mol. The van der Waals surface area contributed by atoms with Gasteiger partial charge in [0, 0.05) is 6.04 Å². The lowest BCUT2D eigenvalue weighted by molar-refractivity contribution is -0.137. The summed E-state index contributed by atoms with van der Waals surface area (Å²) in [5, 5.41) is 0. The van der Waals surface area contributed by atoms with Gasteiger partial charge in [0.05, 0.1) is 5.56 Å². The second-order valence-corrected chi connectivity index (χ2v) is 6.03. The lowest BCUT2D eigenvalue weighted by atomic mass is 9.86. The summed E-state index contributed by atoms with van der Waals surface area (Å²) in [6.07, 6.45) is -3.02. The highest BCUT2D eigenvalue weighted by molar-refractivity contribution is 5.26. The van der Waals surface area contributed by atoms with E-state index in [1.165, 1.54) is 12.1 Å². The molecule has 108 valence electrons. The van der Waals surface area contributed by atoms with Crippen LogP contribution in [0.2, 0.25) is 0 Å². The van der Waals surface area contributed by atoms with Gasteiger partial charge in [-0.15, -0.1) is 0 Å². The highest BCUT2D eigenvalue weighted by Gasteiger charge is 2.30. The Morgan fingerprint density at radius 3 is 2.32 bits per heavy atom. The molecule has 19 heavy (non-hydrogen) atoms. The molecule has 0 aliphatic rings. The number of nitrogens with two attached hydrogens (primary N) is 1. The van der Waals surface area contributed by atoms with E-state index in [-0.39, 0.29) is 11.5 Å². The lowest BCUT2D eigenvalue weighted by Crippen LogP contribution is -2.39. The van der Waals surface area contributed by atoms with E-state index in [1.807, 2.05) is 0 Å². The third-order valence-corrected chi connectivity index (χ3v) is 2.83. The van der Waals surface area contributed by atoms with Gasteiger partial charge in [-0.2, -0.15) is 13.2 Å². The quantitative estimate of drug-likeness (QED) is 0.651. The number of halogens is 3. The van der Waals surface area contributed by atoms with Gasteiger partial charge in [0.2, 0.25) is 0 Å². The zero-order valence-corrected chi connectivity index (χ0v) is 11.5. The van der Waals surface area contributed by atoms with Crippen molar-refractivity contribution in [3.8, 4) is 0 Å². The number of hydrazine groups is 1. The van der Waals surface area contributed by atoms with Crippen LogP contribution in [0.3, 0.4) is 0 Å². The van der Waals surface area contributed by atoms with Crippen molar-refractivity contribution in [2.24, 2.45) is 11.3 Å². The topological polar surface area (TPSA) is 38.0 Å². The minimum atomic E-state index is -4.30. The summed E-state index contributed by atoms with van der Waals surface area (Å²) in [6.45, 7) is 6.22. The van der Waals surface area contributed by atoms with Gasteiger partial charge in [0.15, 0.2) is 0 Å².